The van der Waals surface area contributed by atoms with E-state index in [1.165, 1.54) is 11.3 Å². The van der Waals surface area contributed by atoms with E-state index < -0.39 is 0 Å². The summed E-state index contributed by atoms with van der Waals surface area (Å²) in [4.78, 5) is 4.94. The largest absolute Gasteiger partial charge is 0.497 e. The Balaban J connectivity index is 1.68. The first-order valence-electron chi connectivity index (χ1n) is 10.4. The van der Waals surface area contributed by atoms with Crippen molar-refractivity contribution in [2.45, 2.75) is 45.9 Å². The third kappa shape index (κ3) is 5.29. The molecule has 0 spiro atoms. The monoisotopic (exact) mass is 402 g/mol. The van der Waals surface area contributed by atoms with Crippen LogP contribution in [-0.4, -0.2) is 71.2 Å². The molecule has 1 fully saturated rings. The number of methoxy groups -OCH3 is 2. The van der Waals surface area contributed by atoms with Crippen molar-refractivity contribution in [3.63, 3.8) is 0 Å². The summed E-state index contributed by atoms with van der Waals surface area (Å²) in [6.45, 7) is 9.99. The van der Waals surface area contributed by atoms with Gasteiger partial charge >= 0.3 is 0 Å². The number of hydrogen-bond acceptors (Lipinski definition) is 6. The number of aliphatic hydroxyl groups excluding tert-OH is 1. The second kappa shape index (κ2) is 10.1. The zero-order valence-corrected chi connectivity index (χ0v) is 18.1. The van der Waals surface area contributed by atoms with Crippen LogP contribution in [0.2, 0.25) is 0 Å². The van der Waals surface area contributed by atoms with Gasteiger partial charge in [-0.1, -0.05) is 0 Å². The first kappa shape index (κ1) is 21.6. The van der Waals surface area contributed by atoms with Crippen LogP contribution in [0.15, 0.2) is 24.4 Å². The average molecular weight is 403 g/mol. The van der Waals surface area contributed by atoms with Gasteiger partial charge in [0.15, 0.2) is 0 Å². The highest BCUT2D eigenvalue weighted by Crippen LogP contribution is 2.25. The van der Waals surface area contributed by atoms with E-state index in [1.54, 1.807) is 14.2 Å². The van der Waals surface area contributed by atoms with Crippen LogP contribution >= 0.6 is 0 Å². The molecule has 0 bridgehead atoms. The Kier molecular flexibility index (Phi) is 7.52. The smallest absolute Gasteiger partial charge is 0.122 e. The number of nitrogens with zero attached hydrogens (tertiary/aromatic N) is 4. The fourth-order valence-corrected chi connectivity index (χ4v) is 4.12. The second-order valence-corrected chi connectivity index (χ2v) is 7.66. The summed E-state index contributed by atoms with van der Waals surface area (Å²) in [7, 11) is 3.35. The maximum absolute atomic E-state index is 9.62. The van der Waals surface area contributed by atoms with Gasteiger partial charge < -0.3 is 14.6 Å². The van der Waals surface area contributed by atoms with Gasteiger partial charge in [0, 0.05) is 69.2 Å². The van der Waals surface area contributed by atoms with Crippen LogP contribution in [0.5, 0.6) is 11.5 Å². The summed E-state index contributed by atoms with van der Waals surface area (Å²) in [6.07, 6.45) is 2.76. The molecule has 0 unspecified atom stereocenters. The molecule has 2 aromatic rings. The van der Waals surface area contributed by atoms with E-state index in [1.807, 2.05) is 16.9 Å². The quantitative estimate of drug-likeness (QED) is 0.694. The summed E-state index contributed by atoms with van der Waals surface area (Å²) >= 11 is 0. The van der Waals surface area contributed by atoms with Crippen molar-refractivity contribution in [1.82, 2.24) is 19.6 Å². The zero-order chi connectivity index (χ0) is 20.8. The lowest BCUT2D eigenvalue weighted by atomic mass is 10.1. The molecule has 7 heteroatoms. The SMILES string of the molecule is CCn1ncc(CN2CCN(Cc3cc(OC)cc(OC)c3)[C@@H](CCO)C2)c1C. The van der Waals surface area contributed by atoms with Crippen LogP contribution in [0.4, 0.5) is 0 Å². The van der Waals surface area contributed by atoms with E-state index in [0.717, 1.165) is 62.8 Å². The van der Waals surface area contributed by atoms with Gasteiger partial charge in [0.2, 0.25) is 0 Å². The van der Waals surface area contributed by atoms with Crippen LogP contribution in [0.3, 0.4) is 0 Å². The van der Waals surface area contributed by atoms with Crippen LogP contribution in [0.1, 0.15) is 30.2 Å². The number of hydrogen-bond donors (Lipinski definition) is 1. The standard InChI is InChI=1S/C22H34N4O3/c1-5-26-17(2)19(13-23-26)15-24-7-8-25(20(16-24)6-9-27)14-18-10-21(28-3)12-22(11-18)29-4/h10-13,20,27H,5-9,14-16H2,1-4H3/t20-/m0/s1. The molecule has 2 heterocycles. The molecule has 29 heavy (non-hydrogen) atoms. The molecule has 1 aliphatic rings. The highest BCUT2D eigenvalue weighted by atomic mass is 16.5. The summed E-state index contributed by atoms with van der Waals surface area (Å²) in [5, 5.41) is 14.1. The first-order chi connectivity index (χ1) is 14.1. The van der Waals surface area contributed by atoms with Crippen LogP contribution in [-0.2, 0) is 19.6 Å². The Bertz CT molecular complexity index is 770. The molecular formula is C22H34N4O3. The average Bonchev–Trinajstić information content (AvgIpc) is 3.09. The molecule has 3 rings (SSSR count). The molecule has 0 amide bonds. The number of aromatic nitrogens is 2. The summed E-state index contributed by atoms with van der Waals surface area (Å²) in [6, 6.07) is 6.33. The predicted octanol–water partition coefficient (Wildman–Crippen LogP) is 2.30. The second-order valence-electron chi connectivity index (χ2n) is 7.66. The molecule has 1 aromatic carbocycles. The van der Waals surface area contributed by atoms with Gasteiger partial charge in [-0.25, -0.2) is 0 Å². The number of ether oxygens (including phenoxy) is 2. The van der Waals surface area contributed by atoms with Gasteiger partial charge in [0.1, 0.15) is 11.5 Å². The molecule has 1 N–H and O–H groups in total. The van der Waals surface area contributed by atoms with Crippen LogP contribution in [0, 0.1) is 6.92 Å². The highest BCUT2D eigenvalue weighted by molar-refractivity contribution is 5.38. The third-order valence-corrected chi connectivity index (χ3v) is 5.85. The van der Waals surface area contributed by atoms with Crippen molar-refractivity contribution in [2.24, 2.45) is 0 Å². The minimum absolute atomic E-state index is 0.198. The Morgan fingerprint density at radius 3 is 2.41 bits per heavy atom. The van der Waals surface area contributed by atoms with Crippen LogP contribution < -0.4 is 9.47 Å². The molecule has 160 valence electrons. The minimum atomic E-state index is 0.198. The van der Waals surface area contributed by atoms with E-state index in [-0.39, 0.29) is 6.61 Å². The molecule has 1 saturated heterocycles. The lowest BCUT2D eigenvalue weighted by Crippen LogP contribution is -2.52. The molecule has 0 saturated carbocycles. The fraction of sp³-hybridized carbons (Fsp3) is 0.591. The van der Waals surface area contributed by atoms with Crippen molar-refractivity contribution in [1.29, 1.82) is 0 Å². The predicted molar refractivity (Wildman–Crippen MR) is 113 cm³/mol. The maximum atomic E-state index is 9.62. The number of aliphatic hydroxyl groups is 1. The van der Waals surface area contributed by atoms with E-state index in [0.29, 0.717) is 6.04 Å². The Labute approximate surface area is 173 Å². The van der Waals surface area contributed by atoms with Gasteiger partial charge in [-0.2, -0.15) is 5.10 Å². The van der Waals surface area contributed by atoms with Crippen molar-refractivity contribution in [3.05, 3.63) is 41.2 Å². The van der Waals surface area contributed by atoms with Crippen molar-refractivity contribution >= 4 is 0 Å². The van der Waals surface area contributed by atoms with E-state index in [9.17, 15) is 5.11 Å². The van der Waals surface area contributed by atoms with Gasteiger partial charge in [-0.3, -0.25) is 14.5 Å². The molecular weight excluding hydrogens is 368 g/mol. The van der Waals surface area contributed by atoms with E-state index in [2.05, 4.69) is 40.9 Å². The minimum Gasteiger partial charge on any atom is -0.497 e. The molecule has 1 atom stereocenters. The lowest BCUT2D eigenvalue weighted by Gasteiger charge is -2.41. The number of aryl methyl sites for hydroxylation is 1. The van der Waals surface area contributed by atoms with E-state index >= 15 is 0 Å². The Morgan fingerprint density at radius 1 is 1.10 bits per heavy atom. The number of rotatable bonds is 9. The van der Waals surface area contributed by atoms with Gasteiger partial charge in [-0.05, 0) is 38.0 Å². The maximum Gasteiger partial charge on any atom is 0.122 e. The normalized spacial score (nSPS) is 18.2. The lowest BCUT2D eigenvalue weighted by molar-refractivity contribution is 0.0498. The van der Waals surface area contributed by atoms with Gasteiger partial charge in [-0.15, -0.1) is 0 Å². The van der Waals surface area contributed by atoms with E-state index in [4.69, 9.17) is 9.47 Å². The highest BCUT2D eigenvalue weighted by Gasteiger charge is 2.27. The van der Waals surface area contributed by atoms with Crippen molar-refractivity contribution in [2.75, 3.05) is 40.5 Å². The zero-order valence-electron chi connectivity index (χ0n) is 18.1. The fourth-order valence-electron chi connectivity index (χ4n) is 4.12. The molecule has 0 aliphatic carbocycles. The Hall–Kier alpha value is -2.09. The third-order valence-electron chi connectivity index (χ3n) is 5.85. The number of benzene rings is 1. The first-order valence-corrected chi connectivity index (χ1v) is 10.4. The molecule has 7 nitrogen and oxygen atoms in total. The Morgan fingerprint density at radius 2 is 1.83 bits per heavy atom. The summed E-state index contributed by atoms with van der Waals surface area (Å²) < 4.78 is 12.9. The molecule has 1 aliphatic heterocycles. The van der Waals surface area contributed by atoms with Gasteiger partial charge in [0.05, 0.1) is 20.4 Å². The topological polar surface area (TPSA) is 63.0 Å². The van der Waals surface area contributed by atoms with Crippen molar-refractivity contribution in [3.8, 4) is 11.5 Å². The molecule has 0 radical (unpaired) electrons. The molecule has 1 aromatic heterocycles. The van der Waals surface area contributed by atoms with Crippen LogP contribution in [0.25, 0.3) is 0 Å². The van der Waals surface area contributed by atoms with Gasteiger partial charge in [0.25, 0.3) is 0 Å². The van der Waals surface area contributed by atoms with Crippen molar-refractivity contribution < 1.29 is 14.6 Å². The summed E-state index contributed by atoms with van der Waals surface area (Å²) in [5.74, 6) is 1.61. The number of piperazine rings is 1. The summed E-state index contributed by atoms with van der Waals surface area (Å²) in [5.41, 5.74) is 3.70.